The third-order valence-corrected chi connectivity index (χ3v) is 2.82. The summed E-state index contributed by atoms with van der Waals surface area (Å²) < 4.78 is 4.98. The molecule has 2 rings (SSSR count). The fourth-order valence-corrected chi connectivity index (χ4v) is 1.96. The minimum atomic E-state index is 0.635. The van der Waals surface area contributed by atoms with Crippen LogP contribution >= 0.6 is 0 Å². The van der Waals surface area contributed by atoms with Crippen molar-refractivity contribution in [2.24, 2.45) is 0 Å². The smallest absolute Gasteiger partial charge is 0.151 e. The minimum absolute atomic E-state index is 0.635. The summed E-state index contributed by atoms with van der Waals surface area (Å²) in [6, 6.07) is 0. The molecule has 0 amide bonds. The molecule has 0 aromatic carbocycles. The molecule has 78 valence electrons. The molecule has 0 radical (unpaired) electrons. The maximum atomic E-state index is 4.98. The normalized spacial score (nSPS) is 19.7. The summed E-state index contributed by atoms with van der Waals surface area (Å²) in [7, 11) is 1.71. The van der Waals surface area contributed by atoms with Gasteiger partial charge in [0.25, 0.3) is 0 Å². The Morgan fingerprint density at radius 1 is 1.64 bits per heavy atom. The summed E-state index contributed by atoms with van der Waals surface area (Å²) in [6.07, 6.45) is 2.38. The molecule has 1 aliphatic carbocycles. The van der Waals surface area contributed by atoms with E-state index in [0.717, 1.165) is 25.4 Å². The van der Waals surface area contributed by atoms with E-state index < -0.39 is 0 Å². The van der Waals surface area contributed by atoms with Gasteiger partial charge in [-0.15, -0.1) is 0 Å². The van der Waals surface area contributed by atoms with Crippen LogP contribution in [-0.4, -0.2) is 30.5 Å². The molecular formula is C10H17N3O. The fraction of sp³-hybridized carbons (Fsp3) is 0.700. The molecule has 1 aliphatic rings. The predicted octanol–water partition coefficient (Wildman–Crippen LogP) is 1.52. The molecule has 0 saturated carbocycles. The quantitative estimate of drug-likeness (QED) is 0.716. The lowest BCUT2D eigenvalue weighted by molar-refractivity contribution is 0.210. The second-order valence-electron chi connectivity index (χ2n) is 3.82. The van der Waals surface area contributed by atoms with Crippen LogP contribution in [0.5, 0.6) is 0 Å². The molecule has 1 aromatic rings. The van der Waals surface area contributed by atoms with Gasteiger partial charge in [-0.1, -0.05) is 6.92 Å². The van der Waals surface area contributed by atoms with Gasteiger partial charge in [-0.3, -0.25) is 5.10 Å². The van der Waals surface area contributed by atoms with Crippen molar-refractivity contribution in [2.75, 3.05) is 25.6 Å². The van der Waals surface area contributed by atoms with E-state index >= 15 is 0 Å². The number of nitrogens with zero attached hydrogens (tertiary/aromatic N) is 1. The number of anilines is 1. The van der Waals surface area contributed by atoms with Crippen LogP contribution in [0.1, 0.15) is 30.5 Å². The van der Waals surface area contributed by atoms with Gasteiger partial charge in [-0.05, 0) is 18.8 Å². The number of ether oxygens (including phenoxy) is 1. The number of aromatic nitrogens is 2. The van der Waals surface area contributed by atoms with Gasteiger partial charge in [-0.2, -0.15) is 5.10 Å². The van der Waals surface area contributed by atoms with Crippen molar-refractivity contribution in [1.82, 2.24) is 10.2 Å². The van der Waals surface area contributed by atoms with Crippen LogP contribution in [0.25, 0.3) is 0 Å². The lowest BCUT2D eigenvalue weighted by atomic mass is 10.1. The average molecular weight is 195 g/mol. The molecule has 14 heavy (non-hydrogen) atoms. The van der Waals surface area contributed by atoms with Gasteiger partial charge in [0.1, 0.15) is 0 Å². The second-order valence-corrected chi connectivity index (χ2v) is 3.82. The number of methoxy groups -OCH3 is 1. The lowest BCUT2D eigenvalue weighted by Crippen LogP contribution is -2.08. The Balaban J connectivity index is 2.02. The van der Waals surface area contributed by atoms with Crippen LogP contribution in [0, 0.1) is 0 Å². The summed E-state index contributed by atoms with van der Waals surface area (Å²) in [6.45, 7) is 3.78. The first-order valence-corrected chi connectivity index (χ1v) is 5.13. The van der Waals surface area contributed by atoms with E-state index in [1.54, 1.807) is 7.11 Å². The molecule has 0 saturated heterocycles. The zero-order valence-electron chi connectivity index (χ0n) is 8.76. The SMILES string of the molecule is COCCNc1n[nH]c2c1CCC2C. The van der Waals surface area contributed by atoms with E-state index in [2.05, 4.69) is 22.4 Å². The highest BCUT2D eigenvalue weighted by atomic mass is 16.5. The Kier molecular flexibility index (Phi) is 2.72. The molecular weight excluding hydrogens is 178 g/mol. The molecule has 0 aliphatic heterocycles. The van der Waals surface area contributed by atoms with Gasteiger partial charge in [0.2, 0.25) is 0 Å². The van der Waals surface area contributed by atoms with E-state index in [4.69, 9.17) is 4.74 Å². The van der Waals surface area contributed by atoms with E-state index in [1.807, 2.05) is 0 Å². The van der Waals surface area contributed by atoms with Crippen molar-refractivity contribution in [3.05, 3.63) is 11.3 Å². The molecule has 1 heterocycles. The molecule has 0 fully saturated rings. The second kappa shape index (κ2) is 4.00. The maximum Gasteiger partial charge on any atom is 0.151 e. The van der Waals surface area contributed by atoms with Gasteiger partial charge in [-0.25, -0.2) is 0 Å². The van der Waals surface area contributed by atoms with Gasteiger partial charge in [0.15, 0.2) is 5.82 Å². The standard InChI is InChI=1S/C10H17N3O/c1-7-3-4-8-9(7)12-13-10(8)11-5-6-14-2/h7H,3-6H2,1-2H3,(H2,11,12,13). The van der Waals surface area contributed by atoms with Crippen molar-refractivity contribution in [3.63, 3.8) is 0 Å². The van der Waals surface area contributed by atoms with Gasteiger partial charge in [0, 0.05) is 24.9 Å². The van der Waals surface area contributed by atoms with E-state index in [9.17, 15) is 0 Å². The van der Waals surface area contributed by atoms with Crippen molar-refractivity contribution in [2.45, 2.75) is 25.7 Å². The Labute approximate surface area is 84.0 Å². The zero-order valence-corrected chi connectivity index (χ0v) is 8.76. The van der Waals surface area contributed by atoms with Crippen LogP contribution in [0.3, 0.4) is 0 Å². The zero-order chi connectivity index (χ0) is 9.97. The summed E-state index contributed by atoms with van der Waals surface area (Å²) >= 11 is 0. The Morgan fingerprint density at radius 3 is 3.29 bits per heavy atom. The highest BCUT2D eigenvalue weighted by Gasteiger charge is 2.24. The molecule has 0 bridgehead atoms. The molecule has 1 unspecified atom stereocenters. The third-order valence-electron chi connectivity index (χ3n) is 2.82. The minimum Gasteiger partial charge on any atom is -0.383 e. The largest absolute Gasteiger partial charge is 0.383 e. The highest BCUT2D eigenvalue weighted by molar-refractivity contribution is 5.49. The first-order chi connectivity index (χ1) is 6.83. The van der Waals surface area contributed by atoms with Crippen molar-refractivity contribution in [3.8, 4) is 0 Å². The van der Waals surface area contributed by atoms with E-state index in [0.29, 0.717) is 5.92 Å². The first kappa shape index (κ1) is 9.52. The van der Waals surface area contributed by atoms with Crippen LogP contribution in [0.2, 0.25) is 0 Å². The number of H-pyrrole nitrogens is 1. The molecule has 1 aromatic heterocycles. The number of rotatable bonds is 4. The molecule has 4 nitrogen and oxygen atoms in total. The fourth-order valence-electron chi connectivity index (χ4n) is 1.96. The number of hydrogen-bond donors (Lipinski definition) is 2. The topological polar surface area (TPSA) is 49.9 Å². The lowest BCUT2D eigenvalue weighted by Gasteiger charge is -2.02. The molecule has 4 heteroatoms. The maximum absolute atomic E-state index is 4.98. The number of nitrogens with one attached hydrogen (secondary N) is 2. The Bertz CT molecular complexity index is 308. The molecule has 0 spiro atoms. The predicted molar refractivity (Wildman–Crippen MR) is 55.7 cm³/mol. The van der Waals surface area contributed by atoms with Gasteiger partial charge in [0.05, 0.1) is 6.61 Å². The number of aromatic amines is 1. The first-order valence-electron chi connectivity index (χ1n) is 5.13. The average Bonchev–Trinajstić information content (AvgIpc) is 2.72. The summed E-state index contributed by atoms with van der Waals surface area (Å²) in [5.41, 5.74) is 2.68. The van der Waals surface area contributed by atoms with E-state index in [1.165, 1.54) is 17.7 Å². The third kappa shape index (κ3) is 1.62. The Hall–Kier alpha value is -1.03. The van der Waals surface area contributed by atoms with Crippen molar-refractivity contribution in [1.29, 1.82) is 0 Å². The number of hydrogen-bond acceptors (Lipinski definition) is 3. The van der Waals surface area contributed by atoms with Crippen LogP contribution in [0.15, 0.2) is 0 Å². The molecule has 2 N–H and O–H groups in total. The van der Waals surface area contributed by atoms with Gasteiger partial charge < -0.3 is 10.1 Å². The van der Waals surface area contributed by atoms with Crippen LogP contribution in [0.4, 0.5) is 5.82 Å². The monoisotopic (exact) mass is 195 g/mol. The molecule has 1 atom stereocenters. The highest BCUT2D eigenvalue weighted by Crippen LogP contribution is 2.34. The van der Waals surface area contributed by atoms with E-state index in [-0.39, 0.29) is 0 Å². The van der Waals surface area contributed by atoms with Crippen LogP contribution in [-0.2, 0) is 11.2 Å². The van der Waals surface area contributed by atoms with Crippen molar-refractivity contribution < 1.29 is 4.74 Å². The number of fused-ring (bicyclic) bond motifs is 1. The summed E-state index contributed by atoms with van der Waals surface area (Å²) in [5.74, 6) is 1.65. The van der Waals surface area contributed by atoms with Crippen molar-refractivity contribution >= 4 is 5.82 Å². The Morgan fingerprint density at radius 2 is 2.50 bits per heavy atom. The summed E-state index contributed by atoms with van der Waals surface area (Å²) in [5, 5.41) is 10.7. The summed E-state index contributed by atoms with van der Waals surface area (Å²) in [4.78, 5) is 0. The van der Waals surface area contributed by atoms with Gasteiger partial charge >= 0.3 is 0 Å². The van der Waals surface area contributed by atoms with Crippen LogP contribution < -0.4 is 5.32 Å².